The van der Waals surface area contributed by atoms with Crippen LogP contribution in [-0.2, 0) is 6.54 Å². The van der Waals surface area contributed by atoms with Crippen LogP contribution < -0.4 is 15.4 Å². The maximum absolute atomic E-state index is 15.1. The van der Waals surface area contributed by atoms with E-state index >= 15 is 4.39 Å². The first-order valence-corrected chi connectivity index (χ1v) is 9.71. The van der Waals surface area contributed by atoms with Crippen molar-refractivity contribution in [1.29, 1.82) is 0 Å². The number of nitrogens with one attached hydrogen (secondary N) is 3. The summed E-state index contributed by atoms with van der Waals surface area (Å²) in [5.41, 5.74) is 4.93. The summed E-state index contributed by atoms with van der Waals surface area (Å²) in [6, 6.07) is 9.43. The third-order valence-electron chi connectivity index (χ3n) is 5.42. The molecule has 2 aromatic carbocycles. The van der Waals surface area contributed by atoms with Gasteiger partial charge >= 0.3 is 6.01 Å². The van der Waals surface area contributed by atoms with Crippen LogP contribution in [-0.4, -0.2) is 32.0 Å². The Hall–Kier alpha value is -4.27. The minimum atomic E-state index is -0.294. The molecule has 0 aliphatic carbocycles. The van der Waals surface area contributed by atoms with Gasteiger partial charge in [-0.05, 0) is 12.1 Å². The highest BCUT2D eigenvalue weighted by molar-refractivity contribution is 6.17. The van der Waals surface area contributed by atoms with E-state index in [4.69, 9.17) is 9.72 Å². The summed E-state index contributed by atoms with van der Waals surface area (Å²) in [5.74, 6) is 0.127. The van der Waals surface area contributed by atoms with Crippen molar-refractivity contribution in [2.24, 2.45) is 0 Å². The van der Waals surface area contributed by atoms with E-state index in [1.807, 2.05) is 24.3 Å². The first-order valence-electron chi connectivity index (χ1n) is 9.71. The number of hydrogen-bond acceptors (Lipinski definition) is 7. The smallest absolute Gasteiger partial charge is 0.324 e. The molecule has 0 saturated carbocycles. The molecule has 0 radical (unpaired) electrons. The Labute approximate surface area is 175 Å². The number of halogens is 1. The van der Waals surface area contributed by atoms with Crippen molar-refractivity contribution in [1.82, 2.24) is 24.9 Å². The van der Waals surface area contributed by atoms with Gasteiger partial charge in [-0.3, -0.25) is 0 Å². The van der Waals surface area contributed by atoms with Gasteiger partial charge in [0.2, 0.25) is 0 Å². The Bertz CT molecular complexity index is 1470. The minimum absolute atomic E-state index is 0.146. The lowest BCUT2D eigenvalue weighted by Gasteiger charge is -2.18. The third-order valence-corrected chi connectivity index (χ3v) is 5.42. The molecule has 9 heteroatoms. The SMILES string of the molecule is CNc1cc(F)c2c3c1[nH]c1nc(Oc4cncnc4)nc(c13)-c1ccccc1NC2. The fourth-order valence-corrected chi connectivity index (χ4v) is 4.06. The molecule has 0 spiro atoms. The fourth-order valence-electron chi connectivity index (χ4n) is 4.06. The molecule has 8 nitrogen and oxygen atoms in total. The van der Waals surface area contributed by atoms with Gasteiger partial charge in [0, 0.05) is 35.8 Å². The number of hydrogen-bond donors (Lipinski definition) is 3. The molecule has 0 saturated heterocycles. The highest BCUT2D eigenvalue weighted by Gasteiger charge is 2.25. The van der Waals surface area contributed by atoms with Gasteiger partial charge in [-0.25, -0.2) is 14.4 Å². The number of benzene rings is 2. The van der Waals surface area contributed by atoms with E-state index in [1.165, 1.54) is 24.8 Å². The van der Waals surface area contributed by atoms with Crippen molar-refractivity contribution in [2.75, 3.05) is 17.7 Å². The zero-order valence-electron chi connectivity index (χ0n) is 16.4. The van der Waals surface area contributed by atoms with Crippen molar-refractivity contribution in [3.63, 3.8) is 0 Å². The molecule has 0 bridgehead atoms. The molecule has 5 aromatic rings. The average molecular weight is 413 g/mol. The number of para-hydroxylation sites is 1. The molecular formula is C22H16FN7O. The molecule has 3 aromatic heterocycles. The summed E-state index contributed by atoms with van der Waals surface area (Å²) in [6.07, 6.45) is 4.50. The van der Waals surface area contributed by atoms with E-state index in [0.29, 0.717) is 34.9 Å². The lowest BCUT2D eigenvalue weighted by atomic mass is 9.98. The second kappa shape index (κ2) is 6.63. The average Bonchev–Trinajstić information content (AvgIpc) is 3.16. The van der Waals surface area contributed by atoms with Crippen LogP contribution in [0.4, 0.5) is 15.8 Å². The molecule has 0 fully saturated rings. The number of rotatable bonds is 3. The zero-order chi connectivity index (χ0) is 20.9. The summed E-state index contributed by atoms with van der Waals surface area (Å²) < 4.78 is 20.9. The minimum Gasteiger partial charge on any atom is -0.421 e. The summed E-state index contributed by atoms with van der Waals surface area (Å²) in [7, 11) is 1.76. The van der Waals surface area contributed by atoms with Crippen LogP contribution in [0.3, 0.4) is 0 Å². The van der Waals surface area contributed by atoms with Crippen LogP contribution in [0.5, 0.6) is 11.8 Å². The number of nitrogens with zero attached hydrogens (tertiary/aromatic N) is 4. The second-order valence-corrected chi connectivity index (χ2v) is 7.16. The van der Waals surface area contributed by atoms with Crippen LogP contribution in [0.2, 0.25) is 0 Å². The molecule has 0 unspecified atom stereocenters. The van der Waals surface area contributed by atoms with Crippen LogP contribution in [0, 0.1) is 5.82 Å². The molecule has 31 heavy (non-hydrogen) atoms. The third kappa shape index (κ3) is 2.67. The lowest BCUT2D eigenvalue weighted by molar-refractivity contribution is 0.440. The predicted molar refractivity (Wildman–Crippen MR) is 116 cm³/mol. The van der Waals surface area contributed by atoms with Gasteiger partial charge < -0.3 is 20.4 Å². The predicted octanol–water partition coefficient (Wildman–Crippen LogP) is 4.47. The van der Waals surface area contributed by atoms with Crippen molar-refractivity contribution < 1.29 is 9.13 Å². The number of aromatic amines is 1. The molecule has 4 heterocycles. The number of ether oxygens (including phenoxy) is 1. The van der Waals surface area contributed by atoms with Crippen LogP contribution in [0.1, 0.15) is 5.56 Å². The van der Waals surface area contributed by atoms with Crippen molar-refractivity contribution in [3.05, 3.63) is 60.4 Å². The molecule has 1 aliphatic rings. The number of H-pyrrole nitrogens is 1. The van der Waals surface area contributed by atoms with E-state index in [-0.39, 0.29) is 11.8 Å². The van der Waals surface area contributed by atoms with E-state index < -0.39 is 0 Å². The topological polar surface area (TPSA) is 101 Å². The van der Waals surface area contributed by atoms with E-state index in [2.05, 4.69) is 30.6 Å². The van der Waals surface area contributed by atoms with Crippen molar-refractivity contribution in [3.8, 4) is 23.0 Å². The molecule has 3 N–H and O–H groups in total. The molecule has 1 aliphatic heterocycles. The van der Waals surface area contributed by atoms with E-state index in [9.17, 15) is 0 Å². The standard InChI is InChI=1S/C22H16FN7O/c1-24-16-6-14(23)13-9-27-15-5-3-2-4-12(15)19-18-17(13)20(16)28-21(18)30-22(29-19)31-11-7-25-10-26-8-11/h2-8,10,24,27H,9H2,1H3,(H,28,29,30). The maximum atomic E-state index is 15.1. The lowest BCUT2D eigenvalue weighted by Crippen LogP contribution is -2.07. The van der Waals surface area contributed by atoms with Gasteiger partial charge in [0.25, 0.3) is 0 Å². The van der Waals surface area contributed by atoms with Gasteiger partial charge in [-0.2, -0.15) is 9.97 Å². The van der Waals surface area contributed by atoms with Gasteiger partial charge in [-0.15, -0.1) is 0 Å². The summed E-state index contributed by atoms with van der Waals surface area (Å²) >= 11 is 0. The van der Waals surface area contributed by atoms with Gasteiger partial charge in [0.05, 0.1) is 34.7 Å². The summed E-state index contributed by atoms with van der Waals surface area (Å²) in [6.45, 7) is 0.343. The monoisotopic (exact) mass is 413 g/mol. The number of fused-ring (bicyclic) bond motifs is 2. The van der Waals surface area contributed by atoms with Gasteiger partial charge in [-0.1, -0.05) is 18.2 Å². The highest BCUT2D eigenvalue weighted by atomic mass is 19.1. The Morgan fingerprint density at radius 2 is 1.94 bits per heavy atom. The maximum Gasteiger partial charge on any atom is 0.324 e. The normalized spacial score (nSPS) is 12.3. The van der Waals surface area contributed by atoms with E-state index in [0.717, 1.165) is 27.5 Å². The summed E-state index contributed by atoms with van der Waals surface area (Å²) in [5, 5.41) is 7.93. The Kier molecular flexibility index (Phi) is 3.76. The van der Waals surface area contributed by atoms with E-state index in [1.54, 1.807) is 7.05 Å². The fraction of sp³-hybridized carbons (Fsp3) is 0.0909. The van der Waals surface area contributed by atoms with Gasteiger partial charge in [0.1, 0.15) is 17.8 Å². The first kappa shape index (κ1) is 17.6. The van der Waals surface area contributed by atoms with Crippen molar-refractivity contribution in [2.45, 2.75) is 6.54 Å². The number of aromatic nitrogens is 5. The highest BCUT2D eigenvalue weighted by Crippen LogP contribution is 2.43. The first-order chi connectivity index (χ1) is 15.2. The Balaban J connectivity index is 1.72. The molecule has 0 amide bonds. The van der Waals surface area contributed by atoms with Gasteiger partial charge in [0.15, 0.2) is 5.75 Å². The molecular weight excluding hydrogens is 397 g/mol. The Morgan fingerprint density at radius 3 is 2.77 bits per heavy atom. The number of anilines is 2. The molecule has 6 rings (SSSR count). The van der Waals surface area contributed by atoms with Crippen molar-refractivity contribution >= 4 is 33.3 Å². The quantitative estimate of drug-likeness (QED) is 0.401. The van der Waals surface area contributed by atoms with Crippen LogP contribution >= 0.6 is 0 Å². The summed E-state index contributed by atoms with van der Waals surface area (Å²) in [4.78, 5) is 20.6. The second-order valence-electron chi connectivity index (χ2n) is 7.16. The molecule has 152 valence electrons. The Morgan fingerprint density at radius 1 is 1.10 bits per heavy atom. The molecule has 0 atom stereocenters. The van der Waals surface area contributed by atoms with Crippen LogP contribution in [0.25, 0.3) is 33.2 Å². The largest absolute Gasteiger partial charge is 0.421 e. The zero-order valence-corrected chi connectivity index (χ0v) is 16.4. The van der Waals surface area contributed by atoms with Crippen LogP contribution in [0.15, 0.2) is 49.1 Å².